The van der Waals surface area contributed by atoms with Gasteiger partial charge in [0.15, 0.2) is 0 Å². The van der Waals surface area contributed by atoms with E-state index in [9.17, 15) is 8.42 Å². The van der Waals surface area contributed by atoms with Crippen molar-refractivity contribution in [3.8, 4) is 0 Å². The number of sulfonamides is 1. The molecule has 0 aliphatic heterocycles. The van der Waals surface area contributed by atoms with E-state index in [-0.39, 0.29) is 5.25 Å². The summed E-state index contributed by atoms with van der Waals surface area (Å²) < 4.78 is 29.5. The van der Waals surface area contributed by atoms with Crippen LogP contribution in [0.15, 0.2) is 24.3 Å². The molecule has 5 rings (SSSR count). The number of nitrogens with two attached hydrogens (primary N) is 1. The quantitative estimate of drug-likeness (QED) is 0.398. The second-order valence-electron chi connectivity index (χ2n) is 13.3. The molecule has 4 saturated carbocycles. The van der Waals surface area contributed by atoms with Crippen molar-refractivity contribution in [2.24, 2.45) is 46.3 Å². The van der Waals surface area contributed by atoms with E-state index in [0.29, 0.717) is 28.1 Å². The van der Waals surface area contributed by atoms with Crippen LogP contribution in [0, 0.1) is 46.3 Å². The molecule has 5 heteroatoms. The molecule has 35 heavy (non-hydrogen) atoms. The molecular weight excluding hydrogens is 452 g/mol. The van der Waals surface area contributed by atoms with Crippen molar-refractivity contribution >= 4 is 21.4 Å². The van der Waals surface area contributed by atoms with Crippen molar-refractivity contribution in [3.63, 3.8) is 0 Å². The summed E-state index contributed by atoms with van der Waals surface area (Å²) >= 11 is 0. The van der Waals surface area contributed by atoms with Gasteiger partial charge < -0.3 is 5.73 Å². The Morgan fingerprint density at radius 1 is 0.971 bits per heavy atom. The number of hydrogen-bond donors (Lipinski definition) is 2. The number of hydrogen-bond acceptors (Lipinski definition) is 3. The van der Waals surface area contributed by atoms with E-state index in [4.69, 9.17) is 5.73 Å². The lowest BCUT2D eigenvalue weighted by Gasteiger charge is -2.61. The first-order valence-electron chi connectivity index (χ1n) is 14.5. The van der Waals surface area contributed by atoms with Crippen LogP contribution in [-0.2, 0) is 10.0 Å². The summed E-state index contributed by atoms with van der Waals surface area (Å²) in [5.41, 5.74) is 7.88. The molecule has 0 aromatic heterocycles. The maximum Gasteiger partial charge on any atom is 0.235 e. The fourth-order valence-corrected chi connectivity index (χ4v) is 11.5. The Labute approximate surface area is 214 Å². The zero-order valence-electron chi connectivity index (χ0n) is 22.4. The second kappa shape index (κ2) is 9.26. The first-order chi connectivity index (χ1) is 16.6. The molecule has 0 bridgehead atoms. The molecule has 1 aromatic carbocycles. The third kappa shape index (κ3) is 4.32. The van der Waals surface area contributed by atoms with Gasteiger partial charge in [0.25, 0.3) is 0 Å². The summed E-state index contributed by atoms with van der Waals surface area (Å²) in [5, 5.41) is -0.283. The van der Waals surface area contributed by atoms with Crippen molar-refractivity contribution < 1.29 is 8.42 Å². The van der Waals surface area contributed by atoms with E-state index >= 15 is 0 Å². The molecule has 4 nitrogen and oxygen atoms in total. The van der Waals surface area contributed by atoms with E-state index in [0.717, 1.165) is 48.9 Å². The van der Waals surface area contributed by atoms with Gasteiger partial charge in [-0.15, -0.1) is 0 Å². The van der Waals surface area contributed by atoms with E-state index in [1.807, 2.05) is 0 Å². The van der Waals surface area contributed by atoms with Crippen LogP contribution in [0.25, 0.3) is 0 Å². The van der Waals surface area contributed by atoms with Crippen molar-refractivity contribution in [1.82, 2.24) is 0 Å². The summed E-state index contributed by atoms with van der Waals surface area (Å²) in [6.07, 6.45) is 13.5. The Balaban J connectivity index is 1.29. The highest BCUT2D eigenvalue weighted by molar-refractivity contribution is 7.93. The molecule has 1 aromatic rings. The lowest BCUT2D eigenvalue weighted by atomic mass is 9.44. The first-order valence-corrected chi connectivity index (χ1v) is 16.0. The van der Waals surface area contributed by atoms with Gasteiger partial charge in [-0.2, -0.15) is 0 Å². The summed E-state index contributed by atoms with van der Waals surface area (Å²) in [6.45, 7) is 10.1. The monoisotopic (exact) mass is 500 g/mol. The third-order valence-electron chi connectivity index (χ3n) is 11.7. The number of benzene rings is 1. The molecule has 4 aliphatic rings. The molecule has 0 heterocycles. The lowest BCUT2D eigenvalue weighted by molar-refractivity contribution is -0.113. The van der Waals surface area contributed by atoms with Gasteiger partial charge in [-0.25, -0.2) is 8.42 Å². The van der Waals surface area contributed by atoms with E-state index in [1.54, 1.807) is 24.3 Å². The predicted molar refractivity (Wildman–Crippen MR) is 146 cm³/mol. The van der Waals surface area contributed by atoms with Gasteiger partial charge in [0, 0.05) is 11.4 Å². The smallest absolute Gasteiger partial charge is 0.235 e. The average Bonchev–Trinajstić information content (AvgIpc) is 3.17. The van der Waals surface area contributed by atoms with Crippen LogP contribution in [-0.4, -0.2) is 13.7 Å². The average molecular weight is 501 g/mol. The highest BCUT2D eigenvalue weighted by atomic mass is 32.2. The van der Waals surface area contributed by atoms with Crippen LogP contribution < -0.4 is 10.5 Å². The Morgan fingerprint density at radius 2 is 1.66 bits per heavy atom. The van der Waals surface area contributed by atoms with E-state index in [2.05, 4.69) is 32.4 Å². The highest BCUT2D eigenvalue weighted by Crippen LogP contribution is 2.68. The SMILES string of the molecule is CCC[C@@H](C)[C@H]1CC[C@H]2[C@@H]3CC[C@@H]4CC(S(=O)(=O)Nc5ccc(N)cc5)CC[C@]4(C)[C@H]3CC[C@]12C. The van der Waals surface area contributed by atoms with Gasteiger partial charge in [0.1, 0.15) is 0 Å². The van der Waals surface area contributed by atoms with Gasteiger partial charge in [0.05, 0.1) is 5.25 Å². The van der Waals surface area contributed by atoms with E-state index in [1.165, 1.54) is 51.4 Å². The Kier molecular flexibility index (Phi) is 6.72. The molecular formula is C30H48N2O2S. The van der Waals surface area contributed by atoms with Gasteiger partial charge in [-0.05, 0) is 128 Å². The van der Waals surface area contributed by atoms with Crippen LogP contribution in [0.1, 0.15) is 98.3 Å². The highest BCUT2D eigenvalue weighted by Gasteiger charge is 2.61. The zero-order chi connectivity index (χ0) is 25.0. The number of anilines is 2. The minimum Gasteiger partial charge on any atom is -0.399 e. The topological polar surface area (TPSA) is 72.2 Å². The molecule has 4 aliphatic carbocycles. The number of nitrogens with one attached hydrogen (secondary N) is 1. The standard InChI is InChI=1S/C30H48N2O2S/c1-5-6-20(2)26-13-14-27-25-12-7-21-19-24(35(33,34)32-23-10-8-22(31)9-11-23)15-17-29(21,3)28(25)16-18-30(26,27)4/h8-11,20-21,24-28,32H,5-7,12-19,31H2,1-4H3/t20-,21-,24?,25+,26-,27+,28+,29+,30-/m1/s1. The fourth-order valence-electron chi connectivity index (χ4n) is 9.93. The molecule has 0 amide bonds. The fraction of sp³-hybridized carbons (Fsp3) is 0.800. The van der Waals surface area contributed by atoms with Gasteiger partial charge in [0.2, 0.25) is 10.0 Å². The van der Waals surface area contributed by atoms with Gasteiger partial charge in [-0.1, -0.05) is 40.5 Å². The molecule has 0 radical (unpaired) electrons. The van der Waals surface area contributed by atoms with Crippen LogP contribution in [0.4, 0.5) is 11.4 Å². The summed E-state index contributed by atoms with van der Waals surface area (Å²) in [6, 6.07) is 7.04. The minimum absolute atomic E-state index is 0.283. The van der Waals surface area contributed by atoms with Gasteiger partial charge >= 0.3 is 0 Å². The van der Waals surface area contributed by atoms with Crippen molar-refractivity contribution in [2.75, 3.05) is 10.5 Å². The van der Waals surface area contributed by atoms with E-state index < -0.39 is 10.0 Å². The van der Waals surface area contributed by atoms with Crippen LogP contribution >= 0.6 is 0 Å². The molecule has 196 valence electrons. The normalized spacial score (nSPS) is 41.9. The summed E-state index contributed by atoms with van der Waals surface area (Å²) in [7, 11) is -3.39. The van der Waals surface area contributed by atoms with Crippen molar-refractivity contribution in [2.45, 2.75) is 104 Å². The summed E-state index contributed by atoms with van der Waals surface area (Å²) in [4.78, 5) is 0. The molecule has 0 saturated heterocycles. The predicted octanol–water partition coefficient (Wildman–Crippen LogP) is 7.47. The number of fused-ring (bicyclic) bond motifs is 5. The zero-order valence-corrected chi connectivity index (χ0v) is 23.2. The largest absolute Gasteiger partial charge is 0.399 e. The Bertz CT molecular complexity index is 1010. The Hall–Kier alpha value is -1.23. The minimum atomic E-state index is -3.39. The second-order valence-corrected chi connectivity index (χ2v) is 15.3. The first kappa shape index (κ1) is 25.4. The van der Waals surface area contributed by atoms with Crippen molar-refractivity contribution in [3.05, 3.63) is 24.3 Å². The molecule has 9 atom stereocenters. The lowest BCUT2D eigenvalue weighted by Crippen LogP contribution is -2.55. The number of nitrogen functional groups attached to an aromatic ring is 1. The maximum atomic E-state index is 13.3. The molecule has 0 spiro atoms. The van der Waals surface area contributed by atoms with Crippen LogP contribution in [0.2, 0.25) is 0 Å². The van der Waals surface area contributed by atoms with Crippen molar-refractivity contribution in [1.29, 1.82) is 0 Å². The maximum absolute atomic E-state index is 13.3. The van der Waals surface area contributed by atoms with Gasteiger partial charge in [-0.3, -0.25) is 4.72 Å². The number of rotatable bonds is 6. The van der Waals surface area contributed by atoms with Crippen LogP contribution in [0.5, 0.6) is 0 Å². The van der Waals surface area contributed by atoms with Crippen LogP contribution in [0.3, 0.4) is 0 Å². The third-order valence-corrected chi connectivity index (χ3v) is 13.6. The molecule has 1 unspecified atom stereocenters. The molecule has 4 fully saturated rings. The summed E-state index contributed by atoms with van der Waals surface area (Å²) in [5.74, 6) is 4.82. The Morgan fingerprint density at radius 3 is 2.37 bits per heavy atom. The molecule has 3 N–H and O–H groups in total.